The number of hydrogen-bond acceptors (Lipinski definition) is 8. The summed E-state index contributed by atoms with van der Waals surface area (Å²) in [7, 11) is 5.30. The van der Waals surface area contributed by atoms with Crippen LogP contribution in [0.5, 0.6) is 0 Å². The predicted molar refractivity (Wildman–Crippen MR) is 121 cm³/mol. The minimum Gasteiger partial charge on any atom is -0.468 e. The van der Waals surface area contributed by atoms with E-state index in [1.54, 1.807) is 24.3 Å². The molecule has 0 radical (unpaired) electrons. The molecular formula is C23H35ClO8. The minimum absolute atomic E-state index is 0.0339. The van der Waals surface area contributed by atoms with Crippen LogP contribution < -0.4 is 0 Å². The number of hydrogen-bond donors (Lipinski definition) is 0. The van der Waals surface area contributed by atoms with Crippen molar-refractivity contribution >= 4 is 29.5 Å². The number of methoxy groups -OCH3 is 4. The Kier molecular flexibility index (Phi) is 17.2. The average Bonchev–Trinajstić information content (AvgIpc) is 2.81. The Bertz CT molecular complexity index is 640. The molecule has 9 heteroatoms. The fourth-order valence-electron chi connectivity index (χ4n) is 2.91. The summed E-state index contributed by atoms with van der Waals surface area (Å²) in [5.74, 6) is -2.86. The second kappa shape index (κ2) is 18.4. The Labute approximate surface area is 195 Å². The molecule has 0 fully saturated rings. The Morgan fingerprint density at radius 3 is 2.06 bits per heavy atom. The summed E-state index contributed by atoms with van der Waals surface area (Å²) in [5, 5.41) is 0. The zero-order valence-electron chi connectivity index (χ0n) is 19.5. The maximum absolute atomic E-state index is 12.3. The van der Waals surface area contributed by atoms with Crippen LogP contribution in [-0.4, -0.2) is 65.1 Å². The van der Waals surface area contributed by atoms with Gasteiger partial charge in [0.25, 0.3) is 0 Å². The topological polar surface area (TPSA) is 97.4 Å². The highest BCUT2D eigenvalue weighted by molar-refractivity contribution is 6.18. The molecule has 2 atom stereocenters. The number of ether oxygens (including phenoxy) is 5. The number of alkyl halides is 1. The van der Waals surface area contributed by atoms with Crippen LogP contribution in [-0.2, 0) is 38.1 Å². The Hall–Kier alpha value is -2.16. The van der Waals surface area contributed by atoms with Crippen LogP contribution in [0, 0.1) is 11.8 Å². The first-order valence-corrected chi connectivity index (χ1v) is 10.8. The summed E-state index contributed by atoms with van der Waals surface area (Å²) in [4.78, 5) is 35.8. The van der Waals surface area contributed by atoms with E-state index in [0.29, 0.717) is 25.1 Å². The van der Waals surface area contributed by atoms with Gasteiger partial charge in [-0.1, -0.05) is 36.0 Å². The van der Waals surface area contributed by atoms with Crippen molar-refractivity contribution in [1.29, 1.82) is 0 Å². The van der Waals surface area contributed by atoms with Gasteiger partial charge in [0.05, 0.1) is 27.4 Å². The van der Waals surface area contributed by atoms with Crippen molar-refractivity contribution in [3.8, 4) is 0 Å². The van der Waals surface area contributed by atoms with Crippen LogP contribution in [0.1, 0.15) is 32.6 Å². The molecule has 182 valence electrons. The van der Waals surface area contributed by atoms with E-state index in [1.165, 1.54) is 28.4 Å². The molecule has 0 unspecified atom stereocenters. The molecule has 0 aromatic heterocycles. The average molecular weight is 475 g/mol. The van der Waals surface area contributed by atoms with E-state index in [9.17, 15) is 14.4 Å². The van der Waals surface area contributed by atoms with Gasteiger partial charge in [0.2, 0.25) is 0 Å². The molecule has 0 aliphatic rings. The maximum atomic E-state index is 12.3. The second-order valence-corrected chi connectivity index (χ2v) is 7.20. The van der Waals surface area contributed by atoms with E-state index in [2.05, 4.69) is 9.47 Å². The third-order valence-corrected chi connectivity index (χ3v) is 4.85. The molecule has 0 amide bonds. The van der Waals surface area contributed by atoms with Crippen molar-refractivity contribution in [2.45, 2.75) is 38.7 Å². The highest BCUT2D eigenvalue weighted by Gasteiger charge is 2.29. The fourth-order valence-corrected chi connectivity index (χ4v) is 3.01. The van der Waals surface area contributed by atoms with Gasteiger partial charge in [0.1, 0.15) is 12.7 Å². The molecule has 0 saturated carbocycles. The third kappa shape index (κ3) is 12.0. The number of allylic oxidation sites excluding steroid dienone is 5. The van der Waals surface area contributed by atoms with Crippen molar-refractivity contribution in [3.63, 3.8) is 0 Å². The molecule has 32 heavy (non-hydrogen) atoms. The van der Waals surface area contributed by atoms with Crippen LogP contribution in [0.25, 0.3) is 0 Å². The first kappa shape index (κ1) is 29.8. The summed E-state index contributed by atoms with van der Waals surface area (Å²) in [5.41, 5.74) is 1.03. The Morgan fingerprint density at radius 1 is 0.906 bits per heavy atom. The van der Waals surface area contributed by atoms with Crippen molar-refractivity contribution in [2.24, 2.45) is 11.8 Å². The van der Waals surface area contributed by atoms with Crippen molar-refractivity contribution in [1.82, 2.24) is 0 Å². The van der Waals surface area contributed by atoms with Crippen LogP contribution in [0.4, 0.5) is 0 Å². The number of rotatable bonds is 16. The monoisotopic (exact) mass is 474 g/mol. The molecule has 0 aromatic rings. The zero-order valence-corrected chi connectivity index (χ0v) is 20.3. The Morgan fingerprint density at radius 2 is 1.53 bits per heavy atom. The lowest BCUT2D eigenvalue weighted by Crippen LogP contribution is -2.31. The van der Waals surface area contributed by atoms with Gasteiger partial charge in [-0.3, -0.25) is 14.4 Å². The standard InChI is InChI=1S/C23H35ClO8/c1-17(10-9-12-19(22(26)30-4)23(27)31-5)13-14-20(32-16-28-2)18(21(25)29-3)11-7-6-8-15-24/h6-8,10-11,18-20H,9,12-16H2,1-5H3/b8-6+,11-7+,17-10-/t18-,20-/m0/s1. The van der Waals surface area contributed by atoms with Crippen LogP contribution in [0.3, 0.4) is 0 Å². The highest BCUT2D eigenvalue weighted by atomic mass is 35.5. The zero-order chi connectivity index (χ0) is 24.4. The number of halogens is 1. The van der Waals surface area contributed by atoms with Gasteiger partial charge in [-0.2, -0.15) is 0 Å². The number of esters is 3. The fraction of sp³-hybridized carbons (Fsp3) is 0.609. The smallest absolute Gasteiger partial charge is 0.320 e. The summed E-state index contributed by atoms with van der Waals surface area (Å²) in [6.07, 6.45) is 10.4. The molecule has 0 heterocycles. The van der Waals surface area contributed by atoms with E-state index in [-0.39, 0.29) is 13.2 Å². The summed E-state index contributed by atoms with van der Waals surface area (Å²) < 4.78 is 25.0. The maximum Gasteiger partial charge on any atom is 0.320 e. The van der Waals surface area contributed by atoms with E-state index >= 15 is 0 Å². The quantitative estimate of drug-likeness (QED) is 0.0636. The molecule has 0 saturated heterocycles. The molecular weight excluding hydrogens is 440 g/mol. The molecule has 0 N–H and O–H groups in total. The van der Waals surface area contributed by atoms with E-state index in [4.69, 9.17) is 25.8 Å². The van der Waals surface area contributed by atoms with Gasteiger partial charge in [-0.15, -0.1) is 11.6 Å². The van der Waals surface area contributed by atoms with E-state index < -0.39 is 35.8 Å². The number of carbonyl (C=O) groups is 3. The van der Waals surface area contributed by atoms with Gasteiger partial charge in [0.15, 0.2) is 5.92 Å². The highest BCUT2D eigenvalue weighted by Crippen LogP contribution is 2.21. The van der Waals surface area contributed by atoms with Gasteiger partial charge in [-0.05, 0) is 32.6 Å². The minimum atomic E-state index is -0.957. The largest absolute Gasteiger partial charge is 0.468 e. The molecule has 0 rings (SSSR count). The van der Waals surface area contributed by atoms with Crippen LogP contribution >= 0.6 is 11.6 Å². The van der Waals surface area contributed by atoms with Gasteiger partial charge in [-0.25, -0.2) is 0 Å². The Balaban J connectivity index is 5.15. The molecule has 0 aliphatic carbocycles. The SMILES string of the molecule is COCO[C@@H](CC/C(C)=C\CCC(C(=O)OC)C(=O)OC)[C@H](/C=C/C=C/CCl)C(=O)OC. The molecule has 8 nitrogen and oxygen atoms in total. The molecule has 0 bridgehead atoms. The van der Waals surface area contributed by atoms with Crippen molar-refractivity contribution in [2.75, 3.05) is 41.1 Å². The van der Waals surface area contributed by atoms with Gasteiger partial charge in [0, 0.05) is 13.0 Å². The van der Waals surface area contributed by atoms with E-state index in [1.807, 2.05) is 13.0 Å². The summed E-state index contributed by atoms with van der Waals surface area (Å²) in [6, 6.07) is 0. The summed E-state index contributed by atoms with van der Waals surface area (Å²) >= 11 is 5.62. The summed E-state index contributed by atoms with van der Waals surface area (Å²) in [6.45, 7) is 1.97. The van der Waals surface area contributed by atoms with Crippen molar-refractivity contribution < 1.29 is 38.1 Å². The van der Waals surface area contributed by atoms with Crippen LogP contribution in [0.2, 0.25) is 0 Å². The molecule has 0 spiro atoms. The lowest BCUT2D eigenvalue weighted by molar-refractivity contribution is -0.159. The normalized spacial score (nSPS) is 14.0. The second-order valence-electron chi connectivity index (χ2n) is 6.89. The predicted octanol–water partition coefficient (Wildman–Crippen LogP) is 3.58. The first-order valence-electron chi connectivity index (χ1n) is 10.2. The lowest BCUT2D eigenvalue weighted by atomic mass is 9.95. The number of carbonyl (C=O) groups excluding carboxylic acids is 3. The molecule has 0 aromatic carbocycles. The third-order valence-electron chi connectivity index (χ3n) is 4.67. The van der Waals surface area contributed by atoms with Gasteiger partial charge >= 0.3 is 17.9 Å². The lowest BCUT2D eigenvalue weighted by Gasteiger charge is -2.23. The molecule has 0 aliphatic heterocycles. The first-order chi connectivity index (χ1) is 15.4. The van der Waals surface area contributed by atoms with E-state index in [0.717, 1.165) is 5.57 Å². The van der Waals surface area contributed by atoms with Crippen LogP contribution in [0.15, 0.2) is 36.0 Å². The van der Waals surface area contributed by atoms with Gasteiger partial charge < -0.3 is 23.7 Å². The van der Waals surface area contributed by atoms with Crippen molar-refractivity contribution in [3.05, 3.63) is 36.0 Å².